The predicted molar refractivity (Wildman–Crippen MR) is 80.3 cm³/mol. The standard InChI is InChI=1S/C15H27N3O3/c1-2-17-9-5-8-13(17)10-16-15(21)18(11-14(19)20)12-6-3-4-7-12/h12-13H,2-11H2,1H3,(H,16,21)(H,19,20). The Bertz CT molecular complexity index is 369. The molecule has 2 amide bonds. The van der Waals surface area contributed by atoms with E-state index in [1.165, 1.54) is 11.3 Å². The number of carboxylic acid groups (broad SMARTS) is 1. The summed E-state index contributed by atoms with van der Waals surface area (Å²) in [5.74, 6) is -0.937. The Hall–Kier alpha value is -1.30. The van der Waals surface area contributed by atoms with Gasteiger partial charge in [0.25, 0.3) is 0 Å². The van der Waals surface area contributed by atoms with Crippen molar-refractivity contribution in [2.45, 2.75) is 57.5 Å². The lowest BCUT2D eigenvalue weighted by Gasteiger charge is -2.29. The SMILES string of the molecule is CCN1CCCC1CNC(=O)N(CC(=O)O)C1CCCC1. The number of likely N-dealkylation sites (tertiary alicyclic amines) is 1. The number of carboxylic acids is 1. The molecule has 0 aromatic heterocycles. The van der Waals surface area contributed by atoms with Crippen molar-refractivity contribution in [2.75, 3.05) is 26.2 Å². The molecule has 1 atom stereocenters. The van der Waals surface area contributed by atoms with E-state index in [1.54, 1.807) is 0 Å². The fourth-order valence-corrected chi connectivity index (χ4v) is 3.58. The minimum atomic E-state index is -0.937. The van der Waals surface area contributed by atoms with Crippen molar-refractivity contribution in [1.82, 2.24) is 15.1 Å². The molecule has 2 aliphatic rings. The van der Waals surface area contributed by atoms with E-state index in [0.29, 0.717) is 12.6 Å². The van der Waals surface area contributed by atoms with Gasteiger partial charge >= 0.3 is 12.0 Å². The molecule has 0 radical (unpaired) electrons. The first-order valence-electron chi connectivity index (χ1n) is 8.12. The van der Waals surface area contributed by atoms with Gasteiger partial charge in [-0.3, -0.25) is 9.69 Å². The Morgan fingerprint density at radius 3 is 2.57 bits per heavy atom. The van der Waals surface area contributed by atoms with Gasteiger partial charge in [-0.25, -0.2) is 4.79 Å². The van der Waals surface area contributed by atoms with Gasteiger partial charge in [-0.1, -0.05) is 19.8 Å². The van der Waals surface area contributed by atoms with Gasteiger partial charge in [-0.15, -0.1) is 0 Å². The average Bonchev–Trinajstić information content (AvgIpc) is 3.12. The Kier molecular flexibility index (Phi) is 5.85. The van der Waals surface area contributed by atoms with Crippen molar-refractivity contribution in [3.63, 3.8) is 0 Å². The number of carbonyl (C=O) groups excluding carboxylic acids is 1. The van der Waals surface area contributed by atoms with Crippen molar-refractivity contribution in [2.24, 2.45) is 0 Å². The predicted octanol–water partition coefficient (Wildman–Crippen LogP) is 1.51. The minimum Gasteiger partial charge on any atom is -0.480 e. The van der Waals surface area contributed by atoms with Gasteiger partial charge in [-0.05, 0) is 38.8 Å². The maximum atomic E-state index is 12.4. The number of nitrogens with one attached hydrogen (secondary N) is 1. The summed E-state index contributed by atoms with van der Waals surface area (Å²) in [7, 11) is 0. The highest BCUT2D eigenvalue weighted by Crippen LogP contribution is 2.23. The third kappa shape index (κ3) is 4.33. The van der Waals surface area contributed by atoms with Crippen LogP contribution in [0, 0.1) is 0 Å². The fourth-order valence-electron chi connectivity index (χ4n) is 3.58. The van der Waals surface area contributed by atoms with Gasteiger partial charge in [0.1, 0.15) is 6.54 Å². The first-order chi connectivity index (χ1) is 10.1. The molecule has 1 heterocycles. The number of aliphatic carboxylic acids is 1. The molecule has 0 spiro atoms. The largest absolute Gasteiger partial charge is 0.480 e. The quantitative estimate of drug-likeness (QED) is 0.779. The van der Waals surface area contributed by atoms with Gasteiger partial charge < -0.3 is 15.3 Å². The molecule has 1 aliphatic heterocycles. The molecule has 1 aliphatic carbocycles. The summed E-state index contributed by atoms with van der Waals surface area (Å²) in [6, 6.07) is 0.272. The Balaban J connectivity index is 1.87. The molecule has 1 unspecified atom stereocenters. The van der Waals surface area contributed by atoms with Crippen molar-refractivity contribution in [3.05, 3.63) is 0 Å². The molecular formula is C15H27N3O3. The lowest BCUT2D eigenvalue weighted by atomic mass is 10.2. The molecule has 1 saturated carbocycles. The van der Waals surface area contributed by atoms with E-state index in [9.17, 15) is 9.59 Å². The van der Waals surface area contributed by atoms with E-state index >= 15 is 0 Å². The molecule has 1 saturated heterocycles. The highest BCUT2D eigenvalue weighted by Gasteiger charge is 2.29. The third-order valence-electron chi connectivity index (χ3n) is 4.73. The fraction of sp³-hybridized carbons (Fsp3) is 0.867. The summed E-state index contributed by atoms with van der Waals surface area (Å²) in [5, 5.41) is 12.0. The van der Waals surface area contributed by atoms with E-state index in [4.69, 9.17) is 5.11 Å². The second-order valence-corrected chi connectivity index (χ2v) is 6.07. The molecule has 6 nitrogen and oxygen atoms in total. The van der Waals surface area contributed by atoms with Crippen LogP contribution in [0.1, 0.15) is 45.4 Å². The van der Waals surface area contributed by atoms with Gasteiger partial charge in [0, 0.05) is 18.6 Å². The lowest BCUT2D eigenvalue weighted by molar-refractivity contribution is -0.138. The second-order valence-electron chi connectivity index (χ2n) is 6.07. The maximum Gasteiger partial charge on any atom is 0.323 e. The molecule has 2 N–H and O–H groups in total. The summed E-state index contributed by atoms with van der Waals surface area (Å²) < 4.78 is 0. The maximum absolute atomic E-state index is 12.4. The molecular weight excluding hydrogens is 270 g/mol. The highest BCUT2D eigenvalue weighted by molar-refractivity contribution is 5.80. The monoisotopic (exact) mass is 297 g/mol. The normalized spacial score (nSPS) is 23.4. The van der Waals surface area contributed by atoms with Crippen LogP contribution < -0.4 is 5.32 Å². The zero-order valence-electron chi connectivity index (χ0n) is 12.9. The minimum absolute atomic E-state index is 0.0898. The molecule has 0 bridgehead atoms. The third-order valence-corrected chi connectivity index (χ3v) is 4.73. The van der Waals surface area contributed by atoms with Crippen LogP contribution in [-0.2, 0) is 4.79 Å². The van der Waals surface area contributed by atoms with Crippen LogP contribution in [-0.4, -0.2) is 65.2 Å². The number of nitrogens with zero attached hydrogens (tertiary/aromatic N) is 2. The van der Waals surface area contributed by atoms with Gasteiger partial charge in [0.05, 0.1) is 0 Å². The van der Waals surface area contributed by atoms with Crippen LogP contribution >= 0.6 is 0 Å². The molecule has 0 aromatic rings. The molecule has 120 valence electrons. The van der Waals surface area contributed by atoms with Crippen LogP contribution in [0.25, 0.3) is 0 Å². The lowest BCUT2D eigenvalue weighted by Crippen LogP contribution is -2.50. The molecule has 2 rings (SSSR count). The number of carbonyl (C=O) groups is 2. The molecule has 0 aromatic carbocycles. The van der Waals surface area contributed by atoms with Crippen molar-refractivity contribution in [1.29, 1.82) is 0 Å². The summed E-state index contributed by atoms with van der Waals surface area (Å²) in [4.78, 5) is 27.2. The zero-order chi connectivity index (χ0) is 15.2. The summed E-state index contributed by atoms with van der Waals surface area (Å²) >= 11 is 0. The van der Waals surface area contributed by atoms with Crippen LogP contribution in [0.5, 0.6) is 0 Å². The van der Waals surface area contributed by atoms with E-state index in [-0.39, 0.29) is 18.6 Å². The molecule has 2 fully saturated rings. The van der Waals surface area contributed by atoms with E-state index < -0.39 is 5.97 Å². The highest BCUT2D eigenvalue weighted by atomic mass is 16.4. The summed E-state index contributed by atoms with van der Waals surface area (Å²) in [6.45, 7) is 4.66. The molecule has 21 heavy (non-hydrogen) atoms. The first kappa shape index (κ1) is 16.1. The van der Waals surface area contributed by atoms with E-state index in [0.717, 1.165) is 45.2 Å². The Morgan fingerprint density at radius 1 is 1.24 bits per heavy atom. The van der Waals surface area contributed by atoms with Crippen molar-refractivity contribution >= 4 is 12.0 Å². The smallest absolute Gasteiger partial charge is 0.323 e. The first-order valence-corrected chi connectivity index (χ1v) is 8.12. The van der Waals surface area contributed by atoms with Gasteiger partial charge in [0.15, 0.2) is 0 Å². The number of hydrogen-bond donors (Lipinski definition) is 2. The zero-order valence-corrected chi connectivity index (χ0v) is 12.9. The van der Waals surface area contributed by atoms with Gasteiger partial charge in [0.2, 0.25) is 0 Å². The number of rotatable bonds is 6. The Morgan fingerprint density at radius 2 is 1.95 bits per heavy atom. The topological polar surface area (TPSA) is 72.9 Å². The number of urea groups is 1. The summed E-state index contributed by atoms with van der Waals surface area (Å²) in [5.41, 5.74) is 0. The Labute approximate surface area is 126 Å². The van der Waals surface area contributed by atoms with Crippen LogP contribution in [0.3, 0.4) is 0 Å². The summed E-state index contributed by atoms with van der Waals surface area (Å²) in [6.07, 6.45) is 6.29. The van der Waals surface area contributed by atoms with Crippen LogP contribution in [0.2, 0.25) is 0 Å². The molecule has 6 heteroatoms. The van der Waals surface area contributed by atoms with Crippen LogP contribution in [0.4, 0.5) is 4.79 Å². The average molecular weight is 297 g/mol. The number of likely N-dealkylation sites (N-methyl/N-ethyl adjacent to an activating group) is 1. The van der Waals surface area contributed by atoms with Gasteiger partial charge in [-0.2, -0.15) is 0 Å². The number of hydrogen-bond acceptors (Lipinski definition) is 3. The van der Waals surface area contributed by atoms with E-state index in [1.807, 2.05) is 0 Å². The second kappa shape index (κ2) is 7.64. The van der Waals surface area contributed by atoms with Crippen molar-refractivity contribution < 1.29 is 14.7 Å². The van der Waals surface area contributed by atoms with Crippen LogP contribution in [0.15, 0.2) is 0 Å². The van der Waals surface area contributed by atoms with Crippen molar-refractivity contribution in [3.8, 4) is 0 Å². The van der Waals surface area contributed by atoms with E-state index in [2.05, 4.69) is 17.1 Å². The number of amides is 2.